The van der Waals surface area contributed by atoms with Crippen LogP contribution in [0.4, 0.5) is 5.69 Å². The Morgan fingerprint density at radius 1 is 1.04 bits per heavy atom. The van der Waals surface area contributed by atoms with E-state index in [4.69, 9.17) is 0 Å². The molecule has 28 heavy (non-hydrogen) atoms. The van der Waals surface area contributed by atoms with Gasteiger partial charge in [-0.3, -0.25) is 14.4 Å². The Kier molecular flexibility index (Phi) is 7.06. The lowest BCUT2D eigenvalue weighted by Crippen LogP contribution is -2.48. The summed E-state index contributed by atoms with van der Waals surface area (Å²) in [4.78, 5) is 41.2. The van der Waals surface area contributed by atoms with Gasteiger partial charge >= 0.3 is 0 Å². The molecule has 0 aromatic heterocycles. The first-order chi connectivity index (χ1) is 13.6. The third-order valence-electron chi connectivity index (χ3n) is 5.95. The van der Waals surface area contributed by atoms with Crippen LogP contribution in [0.5, 0.6) is 0 Å². The molecule has 3 rings (SSSR count). The van der Waals surface area contributed by atoms with Crippen LogP contribution >= 0.6 is 0 Å². The number of hydrogen-bond donors (Lipinski definition) is 1. The van der Waals surface area contributed by atoms with E-state index >= 15 is 0 Å². The van der Waals surface area contributed by atoms with Crippen molar-refractivity contribution in [2.24, 2.45) is 5.92 Å². The lowest BCUT2D eigenvalue weighted by atomic mass is 9.88. The molecule has 0 bridgehead atoms. The monoisotopic (exact) mass is 385 g/mol. The van der Waals surface area contributed by atoms with Gasteiger partial charge in [-0.05, 0) is 37.8 Å². The van der Waals surface area contributed by atoms with E-state index in [0.717, 1.165) is 37.8 Å². The van der Waals surface area contributed by atoms with Crippen molar-refractivity contribution in [1.29, 1.82) is 0 Å². The van der Waals surface area contributed by atoms with E-state index in [2.05, 4.69) is 5.32 Å². The summed E-state index contributed by atoms with van der Waals surface area (Å²) in [6, 6.07) is 9.06. The van der Waals surface area contributed by atoms with E-state index in [0.29, 0.717) is 13.0 Å². The van der Waals surface area contributed by atoms with Crippen molar-refractivity contribution in [1.82, 2.24) is 10.2 Å². The first kappa shape index (κ1) is 20.4. The smallest absolute Gasteiger partial charge is 0.242 e. The van der Waals surface area contributed by atoms with Crippen LogP contribution in [0.3, 0.4) is 0 Å². The van der Waals surface area contributed by atoms with Crippen molar-refractivity contribution in [3.63, 3.8) is 0 Å². The van der Waals surface area contributed by atoms with Crippen LogP contribution in [0, 0.1) is 5.92 Å². The standard InChI is InChI=1S/C22H31N3O3/c1-24(18-11-6-3-7-12-18)20(26)14-15-23-21(27)19-13-8-16-25(19)22(28)17-9-4-2-5-10-17/h3,6-7,11-12,17,19H,2,4-5,8-10,13-16H2,1H3,(H,23,27)/t19-/m1/s1. The summed E-state index contributed by atoms with van der Waals surface area (Å²) in [6.45, 7) is 0.958. The Morgan fingerprint density at radius 3 is 2.46 bits per heavy atom. The largest absolute Gasteiger partial charge is 0.354 e. The molecule has 2 fully saturated rings. The van der Waals surface area contributed by atoms with Crippen LogP contribution in [0.2, 0.25) is 0 Å². The molecule has 6 heteroatoms. The number of likely N-dealkylation sites (tertiary alicyclic amines) is 1. The molecule has 152 valence electrons. The first-order valence-corrected chi connectivity index (χ1v) is 10.5. The Labute approximate surface area is 167 Å². The lowest BCUT2D eigenvalue weighted by Gasteiger charge is -2.30. The van der Waals surface area contributed by atoms with E-state index in [-0.39, 0.29) is 42.6 Å². The van der Waals surface area contributed by atoms with Crippen molar-refractivity contribution in [2.75, 3.05) is 25.0 Å². The summed E-state index contributed by atoms with van der Waals surface area (Å²) in [6.07, 6.45) is 7.14. The zero-order valence-corrected chi connectivity index (χ0v) is 16.7. The van der Waals surface area contributed by atoms with Gasteiger partial charge in [0.05, 0.1) is 0 Å². The summed E-state index contributed by atoms with van der Waals surface area (Å²) in [5, 5.41) is 2.87. The van der Waals surface area contributed by atoms with E-state index in [9.17, 15) is 14.4 Å². The van der Waals surface area contributed by atoms with Crippen LogP contribution in [-0.2, 0) is 14.4 Å². The molecule has 1 atom stereocenters. The molecular formula is C22H31N3O3. The van der Waals surface area contributed by atoms with Gasteiger partial charge in [-0.25, -0.2) is 0 Å². The molecule has 0 spiro atoms. The van der Waals surface area contributed by atoms with Crippen LogP contribution in [0.1, 0.15) is 51.4 Å². The molecule has 6 nitrogen and oxygen atoms in total. The summed E-state index contributed by atoms with van der Waals surface area (Å²) in [5.41, 5.74) is 0.832. The van der Waals surface area contributed by atoms with E-state index in [1.165, 1.54) is 6.42 Å². The minimum atomic E-state index is -0.378. The molecule has 1 N–H and O–H groups in total. The zero-order valence-electron chi connectivity index (χ0n) is 16.7. The molecule has 1 aromatic rings. The molecule has 1 saturated carbocycles. The Bertz CT molecular complexity index is 686. The van der Waals surface area contributed by atoms with Crippen molar-refractivity contribution in [2.45, 2.75) is 57.4 Å². The molecule has 0 unspecified atom stereocenters. The molecule has 2 aliphatic rings. The lowest BCUT2D eigenvalue weighted by molar-refractivity contribution is -0.142. The normalized spacial score (nSPS) is 20.0. The van der Waals surface area contributed by atoms with Gasteiger partial charge in [0.15, 0.2) is 0 Å². The van der Waals surface area contributed by atoms with Gasteiger partial charge in [-0.1, -0.05) is 37.5 Å². The summed E-state index contributed by atoms with van der Waals surface area (Å²) in [7, 11) is 1.74. The highest BCUT2D eigenvalue weighted by molar-refractivity contribution is 5.93. The number of rotatable bonds is 6. The van der Waals surface area contributed by atoms with Crippen LogP contribution in [0.15, 0.2) is 30.3 Å². The Balaban J connectivity index is 1.47. The highest BCUT2D eigenvalue weighted by Crippen LogP contribution is 2.28. The maximum atomic E-state index is 12.8. The van der Waals surface area contributed by atoms with E-state index in [1.807, 2.05) is 30.3 Å². The van der Waals surface area contributed by atoms with Gasteiger partial charge in [-0.15, -0.1) is 0 Å². The second kappa shape index (κ2) is 9.71. The molecule has 1 aliphatic carbocycles. The van der Waals surface area contributed by atoms with Crippen molar-refractivity contribution in [3.05, 3.63) is 30.3 Å². The van der Waals surface area contributed by atoms with Crippen molar-refractivity contribution in [3.8, 4) is 0 Å². The number of anilines is 1. The fourth-order valence-electron chi connectivity index (χ4n) is 4.26. The third-order valence-corrected chi connectivity index (χ3v) is 5.95. The summed E-state index contributed by atoms with van der Waals surface area (Å²) < 4.78 is 0. The van der Waals surface area contributed by atoms with Crippen molar-refractivity contribution < 1.29 is 14.4 Å². The molecule has 1 aromatic carbocycles. The Hall–Kier alpha value is -2.37. The molecule has 0 radical (unpaired) electrons. The fourth-order valence-corrected chi connectivity index (χ4v) is 4.26. The molecule has 3 amide bonds. The number of benzene rings is 1. The predicted molar refractivity (Wildman–Crippen MR) is 109 cm³/mol. The number of nitrogens with one attached hydrogen (secondary N) is 1. The zero-order chi connectivity index (χ0) is 19.9. The second-order valence-electron chi connectivity index (χ2n) is 7.85. The first-order valence-electron chi connectivity index (χ1n) is 10.5. The predicted octanol–water partition coefficient (Wildman–Crippen LogP) is 2.73. The number of para-hydroxylation sites is 1. The van der Waals surface area contributed by atoms with E-state index < -0.39 is 0 Å². The van der Waals surface area contributed by atoms with Crippen LogP contribution in [-0.4, -0.2) is 48.8 Å². The molecular weight excluding hydrogens is 354 g/mol. The van der Waals surface area contributed by atoms with Crippen LogP contribution in [0.25, 0.3) is 0 Å². The number of amides is 3. The quantitative estimate of drug-likeness (QED) is 0.819. The van der Waals surface area contributed by atoms with Gasteiger partial charge in [0.25, 0.3) is 0 Å². The third kappa shape index (κ3) is 4.91. The molecule has 1 saturated heterocycles. The highest BCUT2D eigenvalue weighted by atomic mass is 16.2. The average Bonchev–Trinajstić information content (AvgIpc) is 3.23. The van der Waals surface area contributed by atoms with Gasteiger partial charge in [-0.2, -0.15) is 0 Å². The van der Waals surface area contributed by atoms with Crippen molar-refractivity contribution >= 4 is 23.4 Å². The van der Waals surface area contributed by atoms with Gasteiger partial charge in [0.2, 0.25) is 17.7 Å². The van der Waals surface area contributed by atoms with Gasteiger partial charge in [0, 0.05) is 38.2 Å². The maximum absolute atomic E-state index is 12.8. The highest BCUT2D eigenvalue weighted by Gasteiger charge is 2.37. The number of carbonyl (C=O) groups is 3. The SMILES string of the molecule is CN(C(=O)CCNC(=O)[C@H]1CCCN1C(=O)C1CCCCC1)c1ccccc1. The average molecular weight is 386 g/mol. The maximum Gasteiger partial charge on any atom is 0.242 e. The Morgan fingerprint density at radius 2 is 1.75 bits per heavy atom. The number of carbonyl (C=O) groups excluding carboxylic acids is 3. The minimum absolute atomic E-state index is 0.0481. The van der Waals surface area contributed by atoms with Gasteiger partial charge < -0.3 is 15.1 Å². The second-order valence-corrected chi connectivity index (χ2v) is 7.85. The van der Waals surface area contributed by atoms with Crippen LogP contribution < -0.4 is 10.2 Å². The van der Waals surface area contributed by atoms with Gasteiger partial charge in [0.1, 0.15) is 6.04 Å². The fraction of sp³-hybridized carbons (Fsp3) is 0.591. The van der Waals surface area contributed by atoms with E-state index in [1.54, 1.807) is 16.8 Å². The number of nitrogens with zero attached hydrogens (tertiary/aromatic N) is 2. The number of hydrogen-bond acceptors (Lipinski definition) is 3. The molecule has 1 aliphatic heterocycles. The summed E-state index contributed by atoms with van der Waals surface area (Å²) in [5.74, 6) is 0.0605. The summed E-state index contributed by atoms with van der Waals surface area (Å²) >= 11 is 0. The minimum Gasteiger partial charge on any atom is -0.354 e. The topological polar surface area (TPSA) is 69.7 Å². The molecule has 1 heterocycles.